The summed E-state index contributed by atoms with van der Waals surface area (Å²) in [4.78, 5) is 16.3. The first-order chi connectivity index (χ1) is 9.85. The zero-order chi connectivity index (χ0) is 15.9. The second kappa shape index (κ2) is 7.91. The molecule has 1 amide bonds. The summed E-state index contributed by atoms with van der Waals surface area (Å²) in [6.07, 6.45) is 2.71. The number of hydrazine groups is 1. The predicted octanol–water partition coefficient (Wildman–Crippen LogP) is -0.401. The van der Waals surface area contributed by atoms with Gasteiger partial charge in [-0.15, -0.1) is 0 Å². The molecule has 5 N–H and O–H groups in total. The number of nitrogens with two attached hydrogens (primary N) is 1. The van der Waals surface area contributed by atoms with Gasteiger partial charge in [0.15, 0.2) is 0 Å². The van der Waals surface area contributed by atoms with Gasteiger partial charge in [0.2, 0.25) is 10.0 Å². The van der Waals surface area contributed by atoms with Crippen molar-refractivity contribution in [3.63, 3.8) is 0 Å². The van der Waals surface area contributed by atoms with Crippen LogP contribution in [0, 0.1) is 0 Å². The van der Waals surface area contributed by atoms with E-state index in [1.165, 1.54) is 0 Å². The molecule has 1 aromatic rings. The highest BCUT2D eigenvalue weighted by Crippen LogP contribution is 2.11. The molecule has 0 bridgehead atoms. The molecule has 0 atom stereocenters. The summed E-state index contributed by atoms with van der Waals surface area (Å²) in [5, 5.41) is 2.63. The van der Waals surface area contributed by atoms with E-state index in [4.69, 9.17) is 5.84 Å². The van der Waals surface area contributed by atoms with Gasteiger partial charge in [-0.1, -0.05) is 13.3 Å². The Labute approximate surface area is 124 Å². The van der Waals surface area contributed by atoms with Gasteiger partial charge >= 0.3 is 0 Å². The van der Waals surface area contributed by atoms with Crippen LogP contribution in [0.25, 0.3) is 0 Å². The number of nitrogens with zero attached hydrogens (tertiary/aromatic N) is 1. The molecule has 0 spiro atoms. The average Bonchev–Trinajstić information content (AvgIpc) is 2.42. The first-order valence-corrected chi connectivity index (χ1v) is 8.45. The Morgan fingerprint density at radius 1 is 1.33 bits per heavy atom. The minimum Gasteiger partial charge on any atom is -0.351 e. The van der Waals surface area contributed by atoms with Crippen LogP contribution in [0.3, 0.4) is 0 Å². The summed E-state index contributed by atoms with van der Waals surface area (Å²) < 4.78 is 24.1. The molecule has 0 aliphatic rings. The lowest BCUT2D eigenvalue weighted by Gasteiger charge is -2.09. The van der Waals surface area contributed by atoms with Gasteiger partial charge in [0.1, 0.15) is 5.82 Å². The maximum absolute atomic E-state index is 12.0. The van der Waals surface area contributed by atoms with Crippen molar-refractivity contribution in [3.05, 3.63) is 23.4 Å². The van der Waals surface area contributed by atoms with Crippen LogP contribution in [-0.4, -0.2) is 38.7 Å². The Morgan fingerprint density at radius 2 is 2.05 bits per heavy atom. The number of pyridine rings is 1. The number of hydrogen-bond donors (Lipinski definition) is 4. The lowest BCUT2D eigenvalue weighted by molar-refractivity contribution is 0.0954. The Hall–Kier alpha value is -1.71. The molecule has 0 unspecified atom stereocenters. The lowest BCUT2D eigenvalue weighted by Crippen LogP contribution is -2.34. The van der Waals surface area contributed by atoms with Gasteiger partial charge in [-0.05, 0) is 18.6 Å². The van der Waals surface area contributed by atoms with E-state index < -0.39 is 10.0 Å². The number of aryl methyl sites for hydroxylation is 1. The van der Waals surface area contributed by atoms with Crippen molar-refractivity contribution in [2.24, 2.45) is 5.84 Å². The number of aromatic nitrogens is 1. The first kappa shape index (κ1) is 17.3. The van der Waals surface area contributed by atoms with Crippen LogP contribution in [0.2, 0.25) is 0 Å². The summed E-state index contributed by atoms with van der Waals surface area (Å²) in [6.45, 7) is 2.35. The fourth-order valence-electron chi connectivity index (χ4n) is 1.69. The van der Waals surface area contributed by atoms with E-state index in [2.05, 4.69) is 20.4 Å². The number of nitrogen functional groups attached to an aromatic ring is 1. The van der Waals surface area contributed by atoms with Gasteiger partial charge in [0, 0.05) is 24.3 Å². The van der Waals surface area contributed by atoms with E-state index in [1.54, 1.807) is 12.1 Å². The molecule has 1 aromatic heterocycles. The minimum atomic E-state index is -3.25. The molecule has 1 rings (SSSR count). The lowest BCUT2D eigenvalue weighted by atomic mass is 10.1. The zero-order valence-electron chi connectivity index (χ0n) is 12.1. The average molecular weight is 315 g/mol. The van der Waals surface area contributed by atoms with Crippen LogP contribution in [0.1, 0.15) is 29.4 Å². The van der Waals surface area contributed by atoms with Crippen LogP contribution in [0.15, 0.2) is 12.1 Å². The van der Waals surface area contributed by atoms with Crippen LogP contribution in [0.4, 0.5) is 5.82 Å². The fraction of sp³-hybridized carbons (Fsp3) is 0.500. The van der Waals surface area contributed by atoms with Crippen molar-refractivity contribution in [2.75, 3.05) is 24.8 Å². The van der Waals surface area contributed by atoms with Crippen molar-refractivity contribution in [2.45, 2.75) is 19.8 Å². The maximum Gasteiger partial charge on any atom is 0.251 e. The molecule has 0 fully saturated rings. The number of nitrogens with one attached hydrogen (secondary N) is 3. The van der Waals surface area contributed by atoms with Crippen LogP contribution >= 0.6 is 0 Å². The first-order valence-electron chi connectivity index (χ1n) is 6.56. The van der Waals surface area contributed by atoms with Gasteiger partial charge in [-0.3, -0.25) is 4.79 Å². The number of carbonyl (C=O) groups is 1. The molecule has 9 heteroatoms. The molecule has 0 aromatic carbocycles. The Morgan fingerprint density at radius 3 is 2.62 bits per heavy atom. The Bertz CT molecular complexity index is 589. The molecule has 0 radical (unpaired) electrons. The molecular weight excluding hydrogens is 294 g/mol. The highest BCUT2D eigenvalue weighted by molar-refractivity contribution is 7.88. The summed E-state index contributed by atoms with van der Waals surface area (Å²) in [5.74, 6) is 5.45. The minimum absolute atomic E-state index is 0.138. The molecule has 0 saturated heterocycles. The fourth-order valence-corrected chi connectivity index (χ4v) is 2.16. The predicted molar refractivity (Wildman–Crippen MR) is 81.2 cm³/mol. The van der Waals surface area contributed by atoms with Crippen LogP contribution in [0.5, 0.6) is 0 Å². The number of amides is 1. The second-order valence-electron chi connectivity index (χ2n) is 4.55. The van der Waals surface area contributed by atoms with Crippen molar-refractivity contribution in [1.82, 2.24) is 15.0 Å². The number of sulfonamides is 1. The third kappa shape index (κ3) is 6.52. The standard InChI is InChI=1S/C12H21N5O3S/c1-3-4-10-7-9(8-11(16-10)17-13)12(18)14-5-6-15-21(2,19)20/h7-8,15H,3-6,13H2,1-2H3,(H,14,18)(H,16,17). The monoisotopic (exact) mass is 315 g/mol. The largest absolute Gasteiger partial charge is 0.351 e. The van der Waals surface area contributed by atoms with Crippen LogP contribution in [-0.2, 0) is 16.4 Å². The highest BCUT2D eigenvalue weighted by atomic mass is 32.2. The number of carbonyl (C=O) groups excluding carboxylic acids is 1. The summed E-state index contributed by atoms with van der Waals surface area (Å²) in [7, 11) is -3.25. The summed E-state index contributed by atoms with van der Waals surface area (Å²) in [6, 6.07) is 3.24. The Kier molecular flexibility index (Phi) is 6.53. The Balaban J connectivity index is 2.66. The molecule has 1 heterocycles. The van der Waals surface area contributed by atoms with Gasteiger partial charge in [-0.25, -0.2) is 24.0 Å². The number of anilines is 1. The van der Waals surface area contributed by atoms with Crippen molar-refractivity contribution < 1.29 is 13.2 Å². The van der Waals surface area contributed by atoms with E-state index in [9.17, 15) is 13.2 Å². The van der Waals surface area contributed by atoms with Gasteiger partial charge in [0.05, 0.1) is 6.26 Å². The molecule has 0 aliphatic carbocycles. The summed E-state index contributed by atoms with van der Waals surface area (Å²) >= 11 is 0. The molecule has 118 valence electrons. The highest BCUT2D eigenvalue weighted by Gasteiger charge is 2.09. The number of hydrogen-bond acceptors (Lipinski definition) is 6. The normalized spacial score (nSPS) is 11.2. The van der Waals surface area contributed by atoms with Crippen LogP contribution < -0.4 is 21.3 Å². The van der Waals surface area contributed by atoms with Gasteiger partial charge in [0.25, 0.3) is 5.91 Å². The SMILES string of the molecule is CCCc1cc(C(=O)NCCNS(C)(=O)=O)cc(NN)n1. The molecule has 0 saturated carbocycles. The molecule has 8 nitrogen and oxygen atoms in total. The third-order valence-electron chi connectivity index (χ3n) is 2.57. The van der Waals surface area contributed by atoms with E-state index in [0.717, 1.165) is 24.8 Å². The van der Waals surface area contributed by atoms with E-state index in [1.807, 2.05) is 6.92 Å². The topological polar surface area (TPSA) is 126 Å². The maximum atomic E-state index is 12.0. The molecule has 0 aliphatic heterocycles. The van der Waals surface area contributed by atoms with E-state index >= 15 is 0 Å². The molecule has 21 heavy (non-hydrogen) atoms. The quantitative estimate of drug-likeness (QED) is 0.294. The van der Waals surface area contributed by atoms with Gasteiger partial charge < -0.3 is 10.7 Å². The van der Waals surface area contributed by atoms with Gasteiger partial charge in [-0.2, -0.15) is 0 Å². The third-order valence-corrected chi connectivity index (χ3v) is 3.30. The zero-order valence-corrected chi connectivity index (χ0v) is 13.0. The number of rotatable bonds is 8. The van der Waals surface area contributed by atoms with E-state index in [-0.39, 0.29) is 19.0 Å². The van der Waals surface area contributed by atoms with E-state index in [0.29, 0.717) is 11.4 Å². The smallest absolute Gasteiger partial charge is 0.251 e. The van der Waals surface area contributed by atoms with Crippen molar-refractivity contribution >= 4 is 21.7 Å². The summed E-state index contributed by atoms with van der Waals surface area (Å²) in [5.41, 5.74) is 3.63. The molecular formula is C12H21N5O3S. The van der Waals surface area contributed by atoms with Crippen molar-refractivity contribution in [1.29, 1.82) is 0 Å². The second-order valence-corrected chi connectivity index (χ2v) is 6.38. The van der Waals surface area contributed by atoms with Crippen molar-refractivity contribution in [3.8, 4) is 0 Å².